The molecule has 0 saturated carbocycles. The summed E-state index contributed by atoms with van der Waals surface area (Å²) < 4.78 is 0. The standard InChI is InChI=1S/C4H6O5.Mg.4H2O/c5-2(4(8)9)1-3(6)7;;;;;/h2,5H,1H2,(H,6,7)(H,8,9);;4*1H2/q;+2;;;;/p-2. The molecule has 0 fully saturated rings. The molecule has 0 rings (SSSR count). The maximum Gasteiger partial charge on any atom is 2.00 e. The van der Waals surface area contributed by atoms with Crippen LogP contribution < -0.4 is 10.2 Å². The van der Waals surface area contributed by atoms with Gasteiger partial charge in [-0.05, 0) is 0 Å². The number of aliphatic hydroxyl groups excluding tert-OH is 1. The van der Waals surface area contributed by atoms with Crippen molar-refractivity contribution < 1.29 is 46.8 Å². The van der Waals surface area contributed by atoms with Crippen molar-refractivity contribution in [2.75, 3.05) is 0 Å². The smallest absolute Gasteiger partial charge is 0.550 e. The van der Waals surface area contributed by atoms with E-state index in [0.29, 0.717) is 0 Å². The molecule has 9 nitrogen and oxygen atoms in total. The average molecular weight is 228 g/mol. The van der Waals surface area contributed by atoms with E-state index in [0.717, 1.165) is 0 Å². The number of carboxylic acid groups (broad SMARTS) is 2. The Bertz CT molecular complexity index is 137. The molecule has 0 aromatic heterocycles. The zero-order valence-electron chi connectivity index (χ0n) is 7.07. The number of carbonyl (C=O) groups excluding carboxylic acids is 2. The van der Waals surface area contributed by atoms with Crippen LogP contribution in [0.2, 0.25) is 0 Å². The summed E-state index contributed by atoms with van der Waals surface area (Å²) in [5, 5.41) is 27.3. The van der Waals surface area contributed by atoms with Gasteiger partial charge in [-0.25, -0.2) is 0 Å². The molecule has 10 heteroatoms. The summed E-state index contributed by atoms with van der Waals surface area (Å²) in [4.78, 5) is 19.1. The fourth-order valence-corrected chi connectivity index (χ4v) is 0.241. The van der Waals surface area contributed by atoms with E-state index in [1.807, 2.05) is 0 Å². The van der Waals surface area contributed by atoms with Crippen LogP contribution in [0.5, 0.6) is 0 Å². The third-order valence-corrected chi connectivity index (χ3v) is 0.632. The van der Waals surface area contributed by atoms with Gasteiger partial charge in [-0.3, -0.25) is 0 Å². The van der Waals surface area contributed by atoms with Crippen molar-refractivity contribution in [2.24, 2.45) is 0 Å². The van der Waals surface area contributed by atoms with E-state index in [1.165, 1.54) is 0 Å². The quantitative estimate of drug-likeness (QED) is 0.462. The van der Waals surface area contributed by atoms with Gasteiger partial charge in [0.2, 0.25) is 0 Å². The van der Waals surface area contributed by atoms with E-state index in [-0.39, 0.29) is 45.0 Å². The summed E-state index contributed by atoms with van der Waals surface area (Å²) >= 11 is 0. The second kappa shape index (κ2) is 18.3. The summed E-state index contributed by atoms with van der Waals surface area (Å²) in [6.07, 6.45) is -2.89. The number of hydrogen-bond donors (Lipinski definition) is 1. The first-order valence-corrected chi connectivity index (χ1v) is 2.13. The molecule has 84 valence electrons. The number of carboxylic acids is 2. The first-order chi connectivity index (χ1) is 4.04. The molecule has 1 unspecified atom stereocenters. The number of carbonyl (C=O) groups is 2. The molecule has 0 saturated heterocycles. The third-order valence-electron chi connectivity index (χ3n) is 0.632. The van der Waals surface area contributed by atoms with E-state index in [2.05, 4.69) is 0 Å². The van der Waals surface area contributed by atoms with Gasteiger partial charge >= 0.3 is 23.1 Å². The minimum atomic E-state index is -1.96. The van der Waals surface area contributed by atoms with Gasteiger partial charge in [-0.2, -0.15) is 0 Å². The first kappa shape index (κ1) is 37.5. The van der Waals surface area contributed by atoms with Crippen LogP contribution in [0, 0.1) is 0 Å². The fraction of sp³-hybridized carbons (Fsp3) is 0.500. The van der Waals surface area contributed by atoms with Gasteiger partial charge in [0.1, 0.15) is 0 Å². The largest absolute Gasteiger partial charge is 2.00 e. The van der Waals surface area contributed by atoms with Crippen molar-refractivity contribution in [2.45, 2.75) is 12.5 Å². The summed E-state index contributed by atoms with van der Waals surface area (Å²) in [6, 6.07) is 0. The summed E-state index contributed by atoms with van der Waals surface area (Å²) in [5.41, 5.74) is 0. The molecule has 0 amide bonds. The minimum absolute atomic E-state index is 0. The van der Waals surface area contributed by atoms with Crippen LogP contribution in [-0.2, 0) is 9.59 Å². The maximum atomic E-state index is 9.58. The molecule has 0 aliphatic carbocycles. The Kier molecular flexibility index (Phi) is 49.1. The average Bonchev–Trinajstić information content (AvgIpc) is 1.63. The SMILES string of the molecule is O.O.O.O.O=C([O-])CC(O)C(=O)[O-].[Mg+2]. The Morgan fingerprint density at radius 1 is 1.07 bits per heavy atom. The molecule has 0 heterocycles. The van der Waals surface area contributed by atoms with Crippen LogP contribution in [0.25, 0.3) is 0 Å². The zero-order valence-corrected chi connectivity index (χ0v) is 8.49. The Hall–Kier alpha value is -0.494. The second-order valence-corrected chi connectivity index (χ2v) is 1.41. The molecule has 0 aliphatic heterocycles. The van der Waals surface area contributed by atoms with Crippen LogP contribution in [0.3, 0.4) is 0 Å². The Balaban J connectivity index is -0.0000000320. The molecule has 0 aliphatic rings. The van der Waals surface area contributed by atoms with Crippen molar-refractivity contribution in [3.63, 3.8) is 0 Å². The van der Waals surface area contributed by atoms with Gasteiger partial charge in [0.25, 0.3) is 0 Å². The number of rotatable bonds is 3. The predicted octanol–water partition coefficient (Wildman–Crippen LogP) is -7.44. The topological polar surface area (TPSA) is 226 Å². The monoisotopic (exact) mass is 228 g/mol. The Morgan fingerprint density at radius 2 is 1.36 bits per heavy atom. The van der Waals surface area contributed by atoms with Crippen LogP contribution in [0.4, 0.5) is 0 Å². The molecular formula is C4H12MgO9. The zero-order chi connectivity index (χ0) is 7.44. The van der Waals surface area contributed by atoms with Gasteiger partial charge in [-0.15, -0.1) is 0 Å². The van der Waals surface area contributed by atoms with E-state index < -0.39 is 24.5 Å². The van der Waals surface area contributed by atoms with Gasteiger partial charge in [-0.1, -0.05) is 0 Å². The molecule has 0 aromatic carbocycles. The molecule has 0 radical (unpaired) electrons. The van der Waals surface area contributed by atoms with Crippen molar-refractivity contribution >= 4 is 35.0 Å². The molecule has 14 heavy (non-hydrogen) atoms. The second-order valence-electron chi connectivity index (χ2n) is 1.41. The number of aliphatic carboxylic acids is 2. The maximum absolute atomic E-state index is 9.58. The van der Waals surface area contributed by atoms with Gasteiger partial charge < -0.3 is 46.8 Å². The van der Waals surface area contributed by atoms with Crippen LogP contribution in [-0.4, -0.2) is 68.1 Å². The predicted molar refractivity (Wildman–Crippen MR) is 40.8 cm³/mol. The summed E-state index contributed by atoms with van der Waals surface area (Å²) in [5.74, 6) is -3.43. The Labute approximate surface area is 94.7 Å². The number of hydrogen-bond acceptors (Lipinski definition) is 5. The molecule has 0 aromatic rings. The first-order valence-electron chi connectivity index (χ1n) is 2.13. The van der Waals surface area contributed by atoms with E-state index in [9.17, 15) is 19.8 Å². The van der Waals surface area contributed by atoms with Gasteiger partial charge in [0.05, 0.1) is 12.1 Å². The van der Waals surface area contributed by atoms with Gasteiger partial charge in [0.15, 0.2) is 0 Å². The summed E-state index contributed by atoms with van der Waals surface area (Å²) in [7, 11) is 0. The molecular weight excluding hydrogens is 216 g/mol. The van der Waals surface area contributed by atoms with Crippen molar-refractivity contribution in [3.8, 4) is 0 Å². The van der Waals surface area contributed by atoms with E-state index in [4.69, 9.17) is 5.11 Å². The molecule has 9 N–H and O–H groups in total. The fourth-order valence-electron chi connectivity index (χ4n) is 0.241. The Morgan fingerprint density at radius 3 is 1.43 bits per heavy atom. The normalized spacial score (nSPS) is 8.07. The van der Waals surface area contributed by atoms with Crippen LogP contribution in [0.1, 0.15) is 6.42 Å². The van der Waals surface area contributed by atoms with Crippen molar-refractivity contribution in [3.05, 3.63) is 0 Å². The molecule has 0 spiro atoms. The minimum Gasteiger partial charge on any atom is -0.550 e. The molecule has 1 atom stereocenters. The van der Waals surface area contributed by atoms with Crippen LogP contribution >= 0.6 is 0 Å². The number of aliphatic hydroxyl groups is 1. The molecule has 0 bridgehead atoms. The summed E-state index contributed by atoms with van der Waals surface area (Å²) in [6.45, 7) is 0. The van der Waals surface area contributed by atoms with Crippen LogP contribution in [0.15, 0.2) is 0 Å². The van der Waals surface area contributed by atoms with Crippen molar-refractivity contribution in [1.29, 1.82) is 0 Å². The van der Waals surface area contributed by atoms with E-state index in [1.54, 1.807) is 0 Å². The third kappa shape index (κ3) is 22.5. The van der Waals surface area contributed by atoms with Gasteiger partial charge in [0, 0.05) is 12.4 Å². The van der Waals surface area contributed by atoms with E-state index >= 15 is 0 Å². The van der Waals surface area contributed by atoms with Crippen molar-refractivity contribution in [1.82, 2.24) is 0 Å².